The lowest BCUT2D eigenvalue weighted by molar-refractivity contribution is -0.113. The fourth-order valence-electron chi connectivity index (χ4n) is 2.56. The first kappa shape index (κ1) is 18.6. The highest BCUT2D eigenvalue weighted by molar-refractivity contribution is 7.93. The first-order valence-corrected chi connectivity index (χ1v) is 9.86. The minimum Gasteiger partial charge on any atom is -0.268 e. The van der Waals surface area contributed by atoms with Crippen LogP contribution in [0.2, 0.25) is 0 Å². The Morgan fingerprint density at radius 2 is 1.37 bits per heavy atom. The fourth-order valence-corrected chi connectivity index (χ4v) is 3.97. The fraction of sp³-hybridized carbons (Fsp3) is 0.0455. The quantitative estimate of drug-likeness (QED) is 0.618. The summed E-state index contributed by atoms with van der Waals surface area (Å²) in [6.07, 6.45) is 2.89. The minimum atomic E-state index is -4.03. The molecule has 5 heteroatoms. The molecule has 0 fully saturated rings. The van der Waals surface area contributed by atoms with Crippen LogP contribution in [0.3, 0.4) is 0 Å². The molecule has 0 aliphatic carbocycles. The van der Waals surface area contributed by atoms with E-state index in [1.165, 1.54) is 18.2 Å². The molecule has 0 aliphatic rings. The zero-order valence-corrected chi connectivity index (χ0v) is 15.6. The maximum atomic E-state index is 13.1. The van der Waals surface area contributed by atoms with Crippen LogP contribution >= 0.6 is 0 Å². The van der Waals surface area contributed by atoms with Gasteiger partial charge in [0, 0.05) is 6.08 Å². The number of amides is 1. The van der Waals surface area contributed by atoms with Crippen LogP contribution in [0, 0.1) is 6.92 Å². The van der Waals surface area contributed by atoms with E-state index in [-0.39, 0.29) is 4.90 Å². The van der Waals surface area contributed by atoms with Gasteiger partial charge in [0.25, 0.3) is 15.9 Å². The Morgan fingerprint density at radius 3 is 1.96 bits per heavy atom. The maximum absolute atomic E-state index is 13.1. The van der Waals surface area contributed by atoms with Gasteiger partial charge in [0.1, 0.15) is 0 Å². The molecular weight excluding hydrogens is 358 g/mol. The van der Waals surface area contributed by atoms with Crippen molar-refractivity contribution in [2.45, 2.75) is 11.8 Å². The van der Waals surface area contributed by atoms with E-state index in [2.05, 4.69) is 0 Å². The van der Waals surface area contributed by atoms with Crippen molar-refractivity contribution in [1.82, 2.24) is 0 Å². The Labute approximate surface area is 159 Å². The largest absolute Gasteiger partial charge is 0.271 e. The zero-order valence-electron chi connectivity index (χ0n) is 14.8. The topological polar surface area (TPSA) is 54.5 Å². The van der Waals surface area contributed by atoms with E-state index in [0.717, 1.165) is 15.4 Å². The van der Waals surface area contributed by atoms with Gasteiger partial charge in [-0.2, -0.15) is 4.31 Å². The number of benzene rings is 3. The van der Waals surface area contributed by atoms with E-state index in [1.807, 2.05) is 31.2 Å². The van der Waals surface area contributed by atoms with Crippen LogP contribution in [-0.4, -0.2) is 14.3 Å². The lowest BCUT2D eigenvalue weighted by Crippen LogP contribution is -2.35. The van der Waals surface area contributed by atoms with Gasteiger partial charge in [0.15, 0.2) is 0 Å². The summed E-state index contributed by atoms with van der Waals surface area (Å²) >= 11 is 0. The Bertz CT molecular complexity index is 1040. The summed E-state index contributed by atoms with van der Waals surface area (Å²) in [7, 11) is -4.03. The lowest BCUT2D eigenvalue weighted by Gasteiger charge is -2.21. The third-order valence-electron chi connectivity index (χ3n) is 3.97. The van der Waals surface area contributed by atoms with Gasteiger partial charge in [0.2, 0.25) is 0 Å². The Morgan fingerprint density at radius 1 is 0.815 bits per heavy atom. The van der Waals surface area contributed by atoms with Gasteiger partial charge in [-0.1, -0.05) is 66.2 Å². The van der Waals surface area contributed by atoms with E-state index in [0.29, 0.717) is 5.69 Å². The average molecular weight is 377 g/mol. The smallest absolute Gasteiger partial charge is 0.268 e. The zero-order chi connectivity index (χ0) is 19.3. The highest BCUT2D eigenvalue weighted by Gasteiger charge is 2.29. The van der Waals surface area contributed by atoms with Crippen LogP contribution in [0.25, 0.3) is 6.08 Å². The van der Waals surface area contributed by atoms with Crippen molar-refractivity contribution in [2.75, 3.05) is 4.31 Å². The minimum absolute atomic E-state index is 0.0611. The summed E-state index contributed by atoms with van der Waals surface area (Å²) in [4.78, 5) is 12.9. The van der Waals surface area contributed by atoms with Crippen LogP contribution in [0.1, 0.15) is 11.1 Å². The molecule has 0 saturated carbocycles. The number of carbonyl (C=O) groups excluding carboxylic acids is 1. The Hall–Kier alpha value is -3.18. The molecule has 1 amide bonds. The molecule has 3 aromatic rings. The number of para-hydroxylation sites is 1. The molecule has 0 spiro atoms. The number of sulfonamides is 1. The molecule has 4 nitrogen and oxygen atoms in total. The average Bonchev–Trinajstić information content (AvgIpc) is 2.69. The van der Waals surface area contributed by atoms with E-state index < -0.39 is 15.9 Å². The molecule has 0 saturated heterocycles. The van der Waals surface area contributed by atoms with Crippen LogP contribution in [0.5, 0.6) is 0 Å². The summed E-state index contributed by atoms with van der Waals surface area (Å²) in [6, 6.07) is 23.9. The van der Waals surface area contributed by atoms with E-state index >= 15 is 0 Å². The number of carbonyl (C=O) groups is 1. The standard InChI is InChI=1S/C22H19NO3S/c1-18-12-14-19(15-13-18)16-17-22(24)23(20-8-4-2-5-9-20)27(25,26)21-10-6-3-7-11-21/h2-17H,1H3/b17-16+. The van der Waals surface area contributed by atoms with Crippen molar-refractivity contribution in [1.29, 1.82) is 0 Å². The first-order valence-electron chi connectivity index (χ1n) is 8.42. The predicted octanol–water partition coefficient (Wildman–Crippen LogP) is 4.43. The molecule has 0 radical (unpaired) electrons. The van der Waals surface area contributed by atoms with Gasteiger partial charge in [-0.05, 0) is 42.8 Å². The third-order valence-corrected chi connectivity index (χ3v) is 5.71. The molecule has 0 atom stereocenters. The lowest BCUT2D eigenvalue weighted by atomic mass is 10.1. The molecule has 3 rings (SSSR count). The van der Waals surface area contributed by atoms with Gasteiger partial charge in [-0.15, -0.1) is 0 Å². The van der Waals surface area contributed by atoms with Crippen LogP contribution < -0.4 is 4.31 Å². The van der Waals surface area contributed by atoms with Gasteiger partial charge < -0.3 is 0 Å². The second kappa shape index (κ2) is 8.01. The number of hydrogen-bond donors (Lipinski definition) is 0. The van der Waals surface area contributed by atoms with Gasteiger partial charge in [0.05, 0.1) is 10.6 Å². The molecule has 0 N–H and O–H groups in total. The van der Waals surface area contributed by atoms with E-state index in [4.69, 9.17) is 0 Å². The van der Waals surface area contributed by atoms with Crippen LogP contribution in [-0.2, 0) is 14.8 Å². The summed E-state index contributed by atoms with van der Waals surface area (Å²) in [5.74, 6) is -0.634. The first-order chi connectivity index (χ1) is 13.0. The number of nitrogens with zero attached hydrogens (tertiary/aromatic N) is 1. The Kier molecular flexibility index (Phi) is 5.52. The van der Waals surface area contributed by atoms with Gasteiger partial charge in [-0.3, -0.25) is 4.79 Å². The van der Waals surface area contributed by atoms with Crippen molar-refractivity contribution in [3.05, 3.63) is 102 Å². The maximum Gasteiger partial charge on any atom is 0.271 e. The normalized spacial score (nSPS) is 11.4. The SMILES string of the molecule is Cc1ccc(/C=C/C(=O)N(c2ccccc2)S(=O)(=O)c2ccccc2)cc1. The van der Waals surface area contributed by atoms with Crippen molar-refractivity contribution in [3.8, 4) is 0 Å². The van der Waals surface area contributed by atoms with E-state index in [1.54, 1.807) is 54.6 Å². The monoisotopic (exact) mass is 377 g/mol. The number of aryl methyl sites for hydroxylation is 1. The molecule has 27 heavy (non-hydrogen) atoms. The molecule has 0 bridgehead atoms. The molecule has 136 valence electrons. The highest BCUT2D eigenvalue weighted by Crippen LogP contribution is 2.24. The molecular formula is C22H19NO3S. The number of hydrogen-bond acceptors (Lipinski definition) is 3. The van der Waals surface area contributed by atoms with Crippen molar-refractivity contribution in [3.63, 3.8) is 0 Å². The molecule has 0 aliphatic heterocycles. The molecule has 3 aromatic carbocycles. The van der Waals surface area contributed by atoms with Crippen LogP contribution in [0.15, 0.2) is 95.9 Å². The summed E-state index contributed by atoms with van der Waals surface area (Å²) in [6.45, 7) is 1.97. The molecule has 0 aromatic heterocycles. The third kappa shape index (κ3) is 4.33. The number of anilines is 1. The van der Waals surface area contributed by atoms with Crippen molar-refractivity contribution >= 4 is 27.7 Å². The van der Waals surface area contributed by atoms with Crippen molar-refractivity contribution < 1.29 is 13.2 Å². The second-order valence-electron chi connectivity index (χ2n) is 6.00. The Balaban J connectivity index is 2.00. The van der Waals surface area contributed by atoms with E-state index in [9.17, 15) is 13.2 Å². The van der Waals surface area contributed by atoms with Crippen LogP contribution in [0.4, 0.5) is 5.69 Å². The summed E-state index contributed by atoms with van der Waals surface area (Å²) in [5.41, 5.74) is 2.22. The van der Waals surface area contributed by atoms with Gasteiger partial charge >= 0.3 is 0 Å². The molecule has 0 unspecified atom stereocenters. The summed E-state index contributed by atoms with van der Waals surface area (Å²) < 4.78 is 27.0. The second-order valence-corrected chi connectivity index (χ2v) is 7.79. The summed E-state index contributed by atoms with van der Waals surface area (Å²) in [5, 5.41) is 0. The predicted molar refractivity (Wildman–Crippen MR) is 108 cm³/mol. The van der Waals surface area contributed by atoms with Crippen molar-refractivity contribution in [2.24, 2.45) is 0 Å². The molecule has 0 heterocycles. The highest BCUT2D eigenvalue weighted by atomic mass is 32.2. The van der Waals surface area contributed by atoms with Gasteiger partial charge in [-0.25, -0.2) is 8.42 Å². The number of rotatable bonds is 5.